The van der Waals surface area contributed by atoms with Gasteiger partial charge < -0.3 is 14.4 Å². The summed E-state index contributed by atoms with van der Waals surface area (Å²) < 4.78 is 13.1. The van der Waals surface area contributed by atoms with E-state index in [0.29, 0.717) is 26.1 Å². The van der Waals surface area contributed by atoms with Gasteiger partial charge in [0.05, 0.1) is 19.8 Å². The number of nitrogens with zero attached hydrogens (tertiary/aromatic N) is 5. The lowest BCUT2D eigenvalue weighted by Crippen LogP contribution is -2.44. The van der Waals surface area contributed by atoms with Crippen molar-refractivity contribution in [3.05, 3.63) is 60.4 Å². The van der Waals surface area contributed by atoms with Crippen LogP contribution in [0.4, 0.5) is 0 Å². The Balaban J connectivity index is 1.49. The molecule has 4 rings (SSSR count). The smallest absolute Gasteiger partial charge is 0.224 e. The third-order valence-corrected chi connectivity index (χ3v) is 6.01. The molecule has 1 fully saturated rings. The molecular formula is C24H29N5O3. The number of methoxy groups -OCH3 is 1. The first-order chi connectivity index (χ1) is 15.7. The van der Waals surface area contributed by atoms with Gasteiger partial charge in [0, 0.05) is 25.6 Å². The summed E-state index contributed by atoms with van der Waals surface area (Å²) in [5.74, 6) is 0.955. The number of amides is 1. The van der Waals surface area contributed by atoms with E-state index in [9.17, 15) is 4.79 Å². The van der Waals surface area contributed by atoms with Gasteiger partial charge in [-0.3, -0.25) is 4.79 Å². The van der Waals surface area contributed by atoms with E-state index < -0.39 is 0 Å². The number of hydrogen-bond donors (Lipinski definition) is 0. The van der Waals surface area contributed by atoms with Gasteiger partial charge in [0.1, 0.15) is 12.1 Å². The zero-order valence-electron chi connectivity index (χ0n) is 18.6. The maximum absolute atomic E-state index is 13.0. The predicted molar refractivity (Wildman–Crippen MR) is 120 cm³/mol. The van der Waals surface area contributed by atoms with Crippen molar-refractivity contribution in [2.24, 2.45) is 0 Å². The van der Waals surface area contributed by atoms with Crippen LogP contribution in [0.1, 0.15) is 37.9 Å². The van der Waals surface area contributed by atoms with Crippen LogP contribution >= 0.6 is 0 Å². The van der Waals surface area contributed by atoms with Crippen molar-refractivity contribution in [3.8, 4) is 16.9 Å². The van der Waals surface area contributed by atoms with Crippen LogP contribution in [-0.4, -0.2) is 57.3 Å². The lowest BCUT2D eigenvalue weighted by atomic mass is 9.90. The van der Waals surface area contributed by atoms with Crippen LogP contribution in [0.5, 0.6) is 5.75 Å². The Kier molecular flexibility index (Phi) is 7.11. The largest absolute Gasteiger partial charge is 0.497 e. The molecule has 1 saturated heterocycles. The highest BCUT2D eigenvalue weighted by atomic mass is 16.5. The van der Waals surface area contributed by atoms with Gasteiger partial charge in [0.15, 0.2) is 0 Å². The minimum atomic E-state index is -0.0617. The summed E-state index contributed by atoms with van der Waals surface area (Å²) in [7, 11) is 1.67. The number of rotatable bonds is 8. The molecule has 8 nitrogen and oxygen atoms in total. The Morgan fingerprint density at radius 1 is 1.22 bits per heavy atom. The second kappa shape index (κ2) is 10.4. The molecule has 3 aromatic rings. The number of aryl methyl sites for hydroxylation is 1. The molecule has 0 saturated carbocycles. The van der Waals surface area contributed by atoms with Crippen molar-refractivity contribution in [2.45, 2.75) is 44.9 Å². The number of aromatic nitrogens is 4. The first kappa shape index (κ1) is 22.0. The molecular weight excluding hydrogens is 406 g/mol. The van der Waals surface area contributed by atoms with Gasteiger partial charge in [-0.2, -0.15) is 0 Å². The molecule has 1 aromatic heterocycles. The lowest BCUT2D eigenvalue weighted by Gasteiger charge is -2.38. The zero-order chi connectivity index (χ0) is 22.3. The van der Waals surface area contributed by atoms with Crippen molar-refractivity contribution < 1.29 is 14.3 Å². The molecule has 0 N–H and O–H groups in total. The highest BCUT2D eigenvalue weighted by Crippen LogP contribution is 2.37. The van der Waals surface area contributed by atoms with Gasteiger partial charge >= 0.3 is 0 Å². The van der Waals surface area contributed by atoms with E-state index in [0.717, 1.165) is 35.3 Å². The minimum absolute atomic E-state index is 0.0617. The maximum Gasteiger partial charge on any atom is 0.224 e. The number of benzene rings is 2. The quantitative estimate of drug-likeness (QED) is 0.539. The number of hydrogen-bond acceptors (Lipinski definition) is 6. The highest BCUT2D eigenvalue weighted by molar-refractivity contribution is 5.76. The fourth-order valence-corrected chi connectivity index (χ4v) is 4.37. The average molecular weight is 436 g/mol. The van der Waals surface area contributed by atoms with E-state index in [1.807, 2.05) is 36.1 Å². The first-order valence-corrected chi connectivity index (χ1v) is 11.0. The molecule has 2 heterocycles. The summed E-state index contributed by atoms with van der Waals surface area (Å²) in [6.07, 6.45) is 3.46. The molecule has 2 atom stereocenters. The van der Waals surface area contributed by atoms with E-state index in [-0.39, 0.29) is 18.1 Å². The van der Waals surface area contributed by atoms with Crippen LogP contribution in [0.15, 0.2) is 54.9 Å². The SMILES string of the molecule is CCN(C(=O)CCn1cnnn1)[C@H]1CCO[C@@H](c2ccccc2-c2ccc(OC)cc2)C1. The van der Waals surface area contributed by atoms with Crippen LogP contribution in [0.2, 0.25) is 0 Å². The second-order valence-corrected chi connectivity index (χ2v) is 7.86. The maximum atomic E-state index is 13.0. The van der Waals surface area contributed by atoms with Crippen LogP contribution < -0.4 is 4.74 Å². The fourth-order valence-electron chi connectivity index (χ4n) is 4.37. The molecule has 2 aromatic carbocycles. The van der Waals surface area contributed by atoms with Crippen LogP contribution in [0, 0.1) is 0 Å². The van der Waals surface area contributed by atoms with Crippen LogP contribution in [-0.2, 0) is 16.1 Å². The molecule has 1 amide bonds. The first-order valence-electron chi connectivity index (χ1n) is 11.0. The van der Waals surface area contributed by atoms with E-state index in [1.165, 1.54) is 6.33 Å². The summed E-state index contributed by atoms with van der Waals surface area (Å²) in [6.45, 7) is 3.81. The van der Waals surface area contributed by atoms with Gasteiger partial charge in [-0.05, 0) is 59.0 Å². The Bertz CT molecular complexity index is 1010. The van der Waals surface area contributed by atoms with Gasteiger partial charge in [0.25, 0.3) is 0 Å². The van der Waals surface area contributed by atoms with Crippen molar-refractivity contribution in [2.75, 3.05) is 20.3 Å². The number of carbonyl (C=O) groups is 1. The highest BCUT2D eigenvalue weighted by Gasteiger charge is 2.31. The van der Waals surface area contributed by atoms with E-state index in [4.69, 9.17) is 9.47 Å². The summed E-state index contributed by atoms with van der Waals surface area (Å²) in [4.78, 5) is 14.9. The molecule has 1 aliphatic heterocycles. The Labute approximate surface area is 188 Å². The molecule has 0 aliphatic carbocycles. The van der Waals surface area contributed by atoms with E-state index >= 15 is 0 Å². The summed E-state index contributed by atoms with van der Waals surface area (Å²) in [5, 5.41) is 11.1. The minimum Gasteiger partial charge on any atom is -0.497 e. The van der Waals surface area contributed by atoms with Crippen molar-refractivity contribution in [3.63, 3.8) is 0 Å². The van der Waals surface area contributed by atoms with Gasteiger partial charge in [-0.25, -0.2) is 4.68 Å². The van der Waals surface area contributed by atoms with E-state index in [2.05, 4.69) is 39.8 Å². The summed E-state index contributed by atoms with van der Waals surface area (Å²) in [6, 6.07) is 16.6. The number of carbonyl (C=O) groups excluding carboxylic acids is 1. The molecule has 168 valence electrons. The van der Waals surface area contributed by atoms with Crippen LogP contribution in [0.3, 0.4) is 0 Å². The van der Waals surface area contributed by atoms with Crippen molar-refractivity contribution in [1.82, 2.24) is 25.1 Å². The number of ether oxygens (including phenoxy) is 2. The Morgan fingerprint density at radius 2 is 2.03 bits per heavy atom. The fraction of sp³-hybridized carbons (Fsp3) is 0.417. The van der Waals surface area contributed by atoms with Gasteiger partial charge in [-0.15, -0.1) is 5.10 Å². The third-order valence-electron chi connectivity index (χ3n) is 6.01. The Hall–Kier alpha value is -3.26. The molecule has 0 unspecified atom stereocenters. The van der Waals surface area contributed by atoms with E-state index in [1.54, 1.807) is 11.8 Å². The topological polar surface area (TPSA) is 82.4 Å². The normalized spacial score (nSPS) is 18.3. The van der Waals surface area contributed by atoms with Gasteiger partial charge in [0.2, 0.25) is 5.91 Å². The molecule has 0 bridgehead atoms. The van der Waals surface area contributed by atoms with Crippen LogP contribution in [0.25, 0.3) is 11.1 Å². The monoisotopic (exact) mass is 435 g/mol. The third kappa shape index (κ3) is 4.96. The Morgan fingerprint density at radius 3 is 2.75 bits per heavy atom. The molecule has 0 radical (unpaired) electrons. The number of tetrazole rings is 1. The van der Waals surface area contributed by atoms with Gasteiger partial charge in [-0.1, -0.05) is 36.4 Å². The lowest BCUT2D eigenvalue weighted by molar-refractivity contribution is -0.137. The summed E-state index contributed by atoms with van der Waals surface area (Å²) >= 11 is 0. The predicted octanol–water partition coefficient (Wildman–Crippen LogP) is 3.51. The average Bonchev–Trinajstić information content (AvgIpc) is 3.37. The molecule has 1 aliphatic rings. The summed E-state index contributed by atoms with van der Waals surface area (Å²) in [5.41, 5.74) is 3.42. The standard InChI is InChI=1S/C24H29N5O3/c1-3-29(24(30)12-14-28-17-25-26-27-28)19-13-15-32-23(16-19)22-7-5-4-6-21(22)18-8-10-20(31-2)11-9-18/h4-11,17,19,23H,3,12-16H2,1-2H3/t19-,23+/m0/s1. The molecule has 8 heteroatoms. The second-order valence-electron chi connectivity index (χ2n) is 7.86. The molecule has 0 spiro atoms. The molecule has 32 heavy (non-hydrogen) atoms. The zero-order valence-corrected chi connectivity index (χ0v) is 18.6. The van der Waals surface area contributed by atoms with Crippen molar-refractivity contribution in [1.29, 1.82) is 0 Å². The van der Waals surface area contributed by atoms with Crippen molar-refractivity contribution >= 4 is 5.91 Å².